The zero-order valence-corrected chi connectivity index (χ0v) is 5.87. The number of ketones is 1. The molecule has 2 radical (unpaired) electrons. The maximum absolute atomic E-state index is 10.7. The lowest BCUT2D eigenvalue weighted by molar-refractivity contribution is 0.102. The molecule has 0 unspecified atom stereocenters. The molecule has 0 aliphatic carbocycles. The molecule has 0 aliphatic heterocycles. The standard InChI is InChI=1S/C6H5BOS/c1-4(8)6-5(7)2-3-9-6/h2-3H,1H3. The number of carbonyl (C=O) groups excluding carboxylic acids is 1. The van der Waals surface area contributed by atoms with Crippen LogP contribution in [0.3, 0.4) is 0 Å². The Hall–Kier alpha value is -0.565. The first-order valence-corrected chi connectivity index (χ1v) is 3.43. The van der Waals surface area contributed by atoms with Crippen LogP contribution >= 0.6 is 11.3 Å². The summed E-state index contributed by atoms with van der Waals surface area (Å²) in [6, 6.07) is 1.74. The Balaban J connectivity index is 3.08. The number of rotatable bonds is 1. The van der Waals surface area contributed by atoms with Crippen LogP contribution in [0, 0.1) is 0 Å². The van der Waals surface area contributed by atoms with Crippen LogP contribution in [0.2, 0.25) is 0 Å². The molecule has 9 heavy (non-hydrogen) atoms. The van der Waals surface area contributed by atoms with E-state index < -0.39 is 0 Å². The van der Waals surface area contributed by atoms with Gasteiger partial charge in [0.1, 0.15) is 7.85 Å². The zero-order valence-electron chi connectivity index (χ0n) is 5.05. The number of thiophene rings is 1. The van der Waals surface area contributed by atoms with Crippen molar-refractivity contribution >= 4 is 30.4 Å². The Morgan fingerprint density at radius 3 is 2.67 bits per heavy atom. The van der Waals surface area contributed by atoms with Crippen molar-refractivity contribution in [3.8, 4) is 0 Å². The molecule has 0 fully saturated rings. The van der Waals surface area contributed by atoms with Crippen molar-refractivity contribution in [2.45, 2.75) is 6.92 Å². The summed E-state index contributed by atoms with van der Waals surface area (Å²) in [7, 11) is 5.43. The van der Waals surface area contributed by atoms with Gasteiger partial charge in [-0.1, -0.05) is 11.5 Å². The first kappa shape index (κ1) is 6.55. The topological polar surface area (TPSA) is 17.1 Å². The summed E-state index contributed by atoms with van der Waals surface area (Å²) in [4.78, 5) is 11.3. The molecule has 0 bridgehead atoms. The number of hydrogen-bond donors (Lipinski definition) is 0. The van der Waals surface area contributed by atoms with Crippen LogP contribution in [0.4, 0.5) is 0 Å². The van der Waals surface area contributed by atoms with Crippen LogP contribution in [-0.2, 0) is 0 Å². The van der Waals surface area contributed by atoms with Crippen molar-refractivity contribution < 1.29 is 4.79 Å². The zero-order chi connectivity index (χ0) is 6.85. The Morgan fingerprint density at radius 1 is 1.78 bits per heavy atom. The van der Waals surface area contributed by atoms with Gasteiger partial charge in [0.25, 0.3) is 0 Å². The van der Waals surface area contributed by atoms with E-state index in [-0.39, 0.29) is 5.78 Å². The minimum Gasteiger partial charge on any atom is -0.294 e. The van der Waals surface area contributed by atoms with Crippen molar-refractivity contribution in [2.75, 3.05) is 0 Å². The summed E-state index contributed by atoms with van der Waals surface area (Å²) >= 11 is 1.38. The fourth-order valence-electron chi connectivity index (χ4n) is 0.605. The summed E-state index contributed by atoms with van der Waals surface area (Å²) in [5, 5.41) is 1.81. The Labute approximate surface area is 59.1 Å². The lowest BCUT2D eigenvalue weighted by atomic mass is 9.96. The molecule has 1 aromatic rings. The largest absolute Gasteiger partial charge is 0.294 e. The lowest BCUT2D eigenvalue weighted by Gasteiger charge is -1.88. The number of hydrogen-bond acceptors (Lipinski definition) is 2. The highest BCUT2D eigenvalue weighted by molar-refractivity contribution is 7.13. The highest BCUT2D eigenvalue weighted by Gasteiger charge is 2.01. The maximum Gasteiger partial charge on any atom is 0.169 e. The molecule has 1 aromatic heterocycles. The number of carbonyl (C=O) groups is 1. The minimum absolute atomic E-state index is 0.0440. The Kier molecular flexibility index (Phi) is 1.71. The van der Waals surface area contributed by atoms with E-state index >= 15 is 0 Å². The second-order valence-electron chi connectivity index (χ2n) is 1.76. The van der Waals surface area contributed by atoms with Crippen LogP contribution in [0.25, 0.3) is 0 Å². The molecule has 1 rings (SSSR count). The summed E-state index contributed by atoms with van der Waals surface area (Å²) in [6.07, 6.45) is 0. The Bertz CT molecular complexity index is 229. The van der Waals surface area contributed by atoms with E-state index in [4.69, 9.17) is 7.85 Å². The monoisotopic (exact) mass is 136 g/mol. The second kappa shape index (κ2) is 2.35. The van der Waals surface area contributed by atoms with Crippen LogP contribution < -0.4 is 5.46 Å². The van der Waals surface area contributed by atoms with Crippen LogP contribution in [-0.4, -0.2) is 13.6 Å². The molecule has 0 saturated heterocycles. The van der Waals surface area contributed by atoms with Crippen molar-refractivity contribution in [2.24, 2.45) is 0 Å². The van der Waals surface area contributed by atoms with E-state index in [0.717, 1.165) is 0 Å². The third kappa shape index (κ3) is 1.22. The number of Topliss-reactive ketones (excluding diaryl/α,β-unsaturated/α-hetero) is 1. The van der Waals surface area contributed by atoms with E-state index in [2.05, 4.69) is 0 Å². The molecular formula is C6H5BOS. The van der Waals surface area contributed by atoms with Gasteiger partial charge in [-0.3, -0.25) is 4.79 Å². The fourth-order valence-corrected chi connectivity index (χ4v) is 1.33. The van der Waals surface area contributed by atoms with Gasteiger partial charge in [0.15, 0.2) is 5.78 Å². The van der Waals surface area contributed by atoms with E-state index in [0.29, 0.717) is 10.3 Å². The normalized spacial score (nSPS) is 9.44. The van der Waals surface area contributed by atoms with Gasteiger partial charge in [-0.05, 0) is 12.3 Å². The summed E-state index contributed by atoms with van der Waals surface area (Å²) in [5.74, 6) is 0.0440. The minimum atomic E-state index is 0.0440. The molecule has 0 atom stereocenters. The van der Waals surface area contributed by atoms with Crippen LogP contribution in [0.15, 0.2) is 11.4 Å². The van der Waals surface area contributed by atoms with E-state index in [9.17, 15) is 4.79 Å². The van der Waals surface area contributed by atoms with Gasteiger partial charge in [-0.2, -0.15) is 0 Å². The highest BCUT2D eigenvalue weighted by atomic mass is 32.1. The quantitative estimate of drug-likeness (QED) is 0.411. The average molecular weight is 136 g/mol. The third-order valence-electron chi connectivity index (χ3n) is 1.02. The van der Waals surface area contributed by atoms with Gasteiger partial charge in [-0.25, -0.2) is 0 Å². The SMILES string of the molecule is [B]c1ccsc1C(C)=O. The maximum atomic E-state index is 10.7. The van der Waals surface area contributed by atoms with Gasteiger partial charge in [0, 0.05) is 0 Å². The first-order valence-electron chi connectivity index (χ1n) is 2.55. The molecular weight excluding hydrogens is 131 g/mol. The van der Waals surface area contributed by atoms with E-state index in [1.165, 1.54) is 18.3 Å². The summed E-state index contributed by atoms with van der Waals surface area (Å²) in [5.41, 5.74) is 0.590. The van der Waals surface area contributed by atoms with E-state index in [1.54, 1.807) is 6.07 Å². The van der Waals surface area contributed by atoms with Gasteiger partial charge < -0.3 is 0 Å². The van der Waals surface area contributed by atoms with Gasteiger partial charge in [0.05, 0.1) is 4.88 Å². The third-order valence-corrected chi connectivity index (χ3v) is 2.05. The first-order chi connectivity index (χ1) is 4.22. The van der Waals surface area contributed by atoms with Crippen LogP contribution in [0.1, 0.15) is 16.6 Å². The van der Waals surface area contributed by atoms with Gasteiger partial charge in [-0.15, -0.1) is 11.3 Å². The van der Waals surface area contributed by atoms with Crippen molar-refractivity contribution in [3.05, 3.63) is 16.3 Å². The van der Waals surface area contributed by atoms with Gasteiger partial charge in [0.2, 0.25) is 0 Å². The molecule has 0 spiro atoms. The van der Waals surface area contributed by atoms with Crippen LogP contribution in [0.5, 0.6) is 0 Å². The summed E-state index contributed by atoms with van der Waals surface area (Å²) < 4.78 is 0. The van der Waals surface area contributed by atoms with E-state index in [1.807, 2.05) is 5.38 Å². The molecule has 44 valence electrons. The Morgan fingerprint density at radius 2 is 2.44 bits per heavy atom. The lowest BCUT2D eigenvalue weighted by Crippen LogP contribution is -2.07. The molecule has 0 saturated carbocycles. The molecule has 0 N–H and O–H groups in total. The van der Waals surface area contributed by atoms with Crippen molar-refractivity contribution in [1.82, 2.24) is 0 Å². The average Bonchev–Trinajstić information content (AvgIpc) is 2.13. The smallest absolute Gasteiger partial charge is 0.169 e. The van der Waals surface area contributed by atoms with Gasteiger partial charge >= 0.3 is 0 Å². The molecule has 0 aliphatic rings. The predicted octanol–water partition coefficient (Wildman–Crippen LogP) is 0.745. The summed E-state index contributed by atoms with van der Waals surface area (Å²) in [6.45, 7) is 1.52. The van der Waals surface area contributed by atoms with Crippen molar-refractivity contribution in [3.63, 3.8) is 0 Å². The molecule has 3 heteroatoms. The molecule has 0 aromatic carbocycles. The molecule has 0 amide bonds. The molecule has 1 nitrogen and oxygen atoms in total. The second-order valence-corrected chi connectivity index (χ2v) is 2.68. The molecule has 1 heterocycles. The predicted molar refractivity (Wildman–Crippen MR) is 39.7 cm³/mol. The fraction of sp³-hybridized carbons (Fsp3) is 0.167. The highest BCUT2D eigenvalue weighted by Crippen LogP contribution is 2.04. The van der Waals surface area contributed by atoms with Crippen molar-refractivity contribution in [1.29, 1.82) is 0 Å².